The second kappa shape index (κ2) is 8.47. The number of nitrogens with one attached hydrogen (secondary N) is 1. The van der Waals surface area contributed by atoms with Gasteiger partial charge in [0.15, 0.2) is 5.96 Å². The summed E-state index contributed by atoms with van der Waals surface area (Å²) in [5.74, 6) is -0.632. The van der Waals surface area contributed by atoms with Gasteiger partial charge in [0.05, 0.1) is 6.54 Å². The van der Waals surface area contributed by atoms with Crippen LogP contribution in [-0.4, -0.2) is 48.9 Å². The van der Waals surface area contributed by atoms with Gasteiger partial charge in [-0.05, 0) is 35.1 Å². The lowest BCUT2D eigenvalue weighted by molar-refractivity contribution is -0.127. The molecule has 1 aliphatic rings. The van der Waals surface area contributed by atoms with Crippen LogP contribution in [-0.2, 0) is 24.3 Å². The summed E-state index contributed by atoms with van der Waals surface area (Å²) in [6.45, 7) is 1.48. The van der Waals surface area contributed by atoms with Gasteiger partial charge in [-0.3, -0.25) is 4.79 Å². The van der Waals surface area contributed by atoms with Gasteiger partial charge >= 0.3 is 0 Å². The smallest absolute Gasteiger partial charge is 0.243 e. The maximum atomic E-state index is 14.0. The third-order valence-corrected chi connectivity index (χ3v) is 5.29. The van der Waals surface area contributed by atoms with E-state index in [-0.39, 0.29) is 12.5 Å². The summed E-state index contributed by atoms with van der Waals surface area (Å²) in [6, 6.07) is 6.27. The van der Waals surface area contributed by atoms with Crippen LogP contribution in [0.4, 0.5) is 8.78 Å². The molecular weight excluding hydrogens is 370 g/mol. The summed E-state index contributed by atoms with van der Waals surface area (Å²) >= 11 is 1.62. The first-order valence-electron chi connectivity index (χ1n) is 8.66. The highest BCUT2D eigenvalue weighted by molar-refractivity contribution is 7.09. The summed E-state index contributed by atoms with van der Waals surface area (Å²) < 4.78 is 27.6. The molecule has 0 saturated heterocycles. The lowest BCUT2D eigenvalue weighted by atomic mass is 9.99. The van der Waals surface area contributed by atoms with Crippen molar-refractivity contribution in [2.24, 2.45) is 4.99 Å². The quantitative estimate of drug-likeness (QED) is 0.643. The highest BCUT2D eigenvalue weighted by atomic mass is 32.1. The summed E-state index contributed by atoms with van der Waals surface area (Å²) in [4.78, 5) is 20.9. The molecule has 2 heterocycles. The van der Waals surface area contributed by atoms with Crippen molar-refractivity contribution in [3.05, 3.63) is 57.3 Å². The average molecular weight is 392 g/mol. The Balaban J connectivity index is 1.79. The van der Waals surface area contributed by atoms with Crippen LogP contribution in [0.2, 0.25) is 0 Å². The van der Waals surface area contributed by atoms with Crippen molar-refractivity contribution in [1.82, 2.24) is 15.1 Å². The number of halogens is 2. The molecule has 0 saturated carbocycles. The Bertz CT molecular complexity index is 836. The number of fused-ring (bicyclic) bond motifs is 1. The second-order valence-corrected chi connectivity index (χ2v) is 7.59. The Hall–Kier alpha value is -2.48. The Morgan fingerprint density at radius 3 is 2.89 bits per heavy atom. The number of likely N-dealkylation sites (N-methyl/N-ethyl adjacent to an activating group) is 1. The van der Waals surface area contributed by atoms with Crippen LogP contribution >= 0.6 is 11.3 Å². The molecule has 0 bridgehead atoms. The van der Waals surface area contributed by atoms with Crippen molar-refractivity contribution in [3.63, 3.8) is 0 Å². The van der Waals surface area contributed by atoms with Crippen LogP contribution in [0, 0.1) is 11.6 Å². The van der Waals surface area contributed by atoms with Crippen LogP contribution in [0.3, 0.4) is 0 Å². The predicted molar refractivity (Wildman–Crippen MR) is 103 cm³/mol. The van der Waals surface area contributed by atoms with Crippen molar-refractivity contribution < 1.29 is 13.6 Å². The molecule has 144 valence electrons. The first-order chi connectivity index (χ1) is 12.9. The standard InChI is InChI=1S/C19H22F2N4OS/c1-24(2)18(26)11-23-19(22-10-15-4-3-7-27-15)25-6-5-16-13(12-25)8-14(20)9-17(16)21/h3-4,7-9H,5-6,10-12H2,1-2H3,(H,22,23). The Kier molecular flexibility index (Phi) is 6.05. The molecule has 3 rings (SSSR count). The molecule has 0 fully saturated rings. The van der Waals surface area contributed by atoms with Gasteiger partial charge in [0.25, 0.3) is 0 Å². The zero-order chi connectivity index (χ0) is 19.4. The number of guanidine groups is 1. The molecule has 0 radical (unpaired) electrons. The summed E-state index contributed by atoms with van der Waals surface area (Å²) in [7, 11) is 3.36. The van der Waals surface area contributed by atoms with E-state index in [1.165, 1.54) is 11.0 Å². The highest BCUT2D eigenvalue weighted by Crippen LogP contribution is 2.23. The lowest BCUT2D eigenvalue weighted by Gasteiger charge is -2.32. The Morgan fingerprint density at radius 1 is 1.37 bits per heavy atom. The number of aliphatic imine (C=N–C) groups is 1. The van der Waals surface area contributed by atoms with Gasteiger partial charge in [-0.15, -0.1) is 11.3 Å². The summed E-state index contributed by atoms with van der Waals surface area (Å²) in [6.07, 6.45) is 0.461. The largest absolute Gasteiger partial charge is 0.351 e. The van der Waals surface area contributed by atoms with E-state index in [0.29, 0.717) is 43.1 Å². The number of rotatable bonds is 4. The number of benzene rings is 1. The lowest BCUT2D eigenvalue weighted by Crippen LogP contribution is -2.44. The molecule has 0 atom stereocenters. The summed E-state index contributed by atoms with van der Waals surface area (Å²) in [5, 5.41) is 5.27. The molecule has 0 aliphatic carbocycles. The number of thiophene rings is 1. The zero-order valence-corrected chi connectivity index (χ0v) is 16.2. The molecule has 27 heavy (non-hydrogen) atoms. The minimum absolute atomic E-state index is 0.0145. The molecule has 1 N–H and O–H groups in total. The van der Waals surface area contributed by atoms with Crippen molar-refractivity contribution in [3.8, 4) is 0 Å². The van der Waals surface area contributed by atoms with Crippen LogP contribution in [0.25, 0.3) is 0 Å². The number of carbonyl (C=O) groups is 1. The first-order valence-corrected chi connectivity index (χ1v) is 9.54. The molecular formula is C19H22F2N4OS. The van der Waals surface area contributed by atoms with E-state index in [1.807, 2.05) is 22.4 Å². The van der Waals surface area contributed by atoms with Crippen molar-refractivity contribution in [2.45, 2.75) is 19.5 Å². The molecule has 1 aromatic carbocycles. The van der Waals surface area contributed by atoms with Gasteiger partial charge in [0.2, 0.25) is 5.91 Å². The van der Waals surface area contributed by atoms with Crippen molar-refractivity contribution in [1.29, 1.82) is 0 Å². The first kappa shape index (κ1) is 19.3. The number of hydrogen-bond acceptors (Lipinski definition) is 3. The van der Waals surface area contributed by atoms with E-state index in [1.54, 1.807) is 25.4 Å². The van der Waals surface area contributed by atoms with E-state index in [0.717, 1.165) is 10.9 Å². The van der Waals surface area contributed by atoms with Crippen molar-refractivity contribution in [2.75, 3.05) is 27.2 Å². The molecule has 1 aromatic heterocycles. The molecule has 0 spiro atoms. The molecule has 1 amide bonds. The summed E-state index contributed by atoms with van der Waals surface area (Å²) in [5.41, 5.74) is 1.16. The maximum absolute atomic E-state index is 14.0. The van der Waals surface area contributed by atoms with Crippen LogP contribution in [0.1, 0.15) is 16.0 Å². The van der Waals surface area contributed by atoms with E-state index < -0.39 is 11.6 Å². The van der Waals surface area contributed by atoms with E-state index in [2.05, 4.69) is 10.3 Å². The minimum Gasteiger partial charge on any atom is -0.351 e. The van der Waals surface area contributed by atoms with Gasteiger partial charge in [-0.1, -0.05) is 6.07 Å². The van der Waals surface area contributed by atoms with E-state index in [9.17, 15) is 13.6 Å². The van der Waals surface area contributed by atoms with Crippen LogP contribution in [0.15, 0.2) is 34.6 Å². The third kappa shape index (κ3) is 4.82. The van der Waals surface area contributed by atoms with Gasteiger partial charge < -0.3 is 15.1 Å². The molecule has 8 heteroatoms. The van der Waals surface area contributed by atoms with E-state index in [4.69, 9.17) is 0 Å². The zero-order valence-electron chi connectivity index (χ0n) is 15.3. The minimum atomic E-state index is -0.582. The van der Waals surface area contributed by atoms with Gasteiger partial charge in [-0.2, -0.15) is 0 Å². The van der Waals surface area contributed by atoms with Gasteiger partial charge in [0.1, 0.15) is 18.2 Å². The fourth-order valence-electron chi connectivity index (χ4n) is 2.92. The SMILES string of the molecule is CN(C)C(=O)CN=C(NCc1cccs1)N1CCc2c(F)cc(F)cc2C1. The van der Waals surface area contributed by atoms with Gasteiger partial charge in [-0.25, -0.2) is 13.8 Å². The molecule has 2 aromatic rings. The maximum Gasteiger partial charge on any atom is 0.243 e. The monoisotopic (exact) mass is 392 g/mol. The Labute approximate surface area is 161 Å². The average Bonchev–Trinajstić information content (AvgIpc) is 3.14. The third-order valence-electron chi connectivity index (χ3n) is 4.41. The van der Waals surface area contributed by atoms with Crippen LogP contribution in [0.5, 0.6) is 0 Å². The Morgan fingerprint density at radius 2 is 2.19 bits per heavy atom. The fraction of sp³-hybridized carbons (Fsp3) is 0.368. The second-order valence-electron chi connectivity index (χ2n) is 6.56. The normalized spacial score (nSPS) is 14.1. The highest BCUT2D eigenvalue weighted by Gasteiger charge is 2.23. The number of hydrogen-bond donors (Lipinski definition) is 1. The predicted octanol–water partition coefficient (Wildman–Crippen LogP) is 2.62. The van der Waals surface area contributed by atoms with Crippen LogP contribution < -0.4 is 5.32 Å². The van der Waals surface area contributed by atoms with Gasteiger partial charge in [0, 0.05) is 38.1 Å². The topological polar surface area (TPSA) is 47.9 Å². The number of amides is 1. The van der Waals surface area contributed by atoms with E-state index >= 15 is 0 Å². The number of nitrogens with zero attached hydrogens (tertiary/aromatic N) is 3. The number of carbonyl (C=O) groups excluding carboxylic acids is 1. The van der Waals surface area contributed by atoms with Crippen molar-refractivity contribution >= 4 is 23.2 Å². The fourth-order valence-corrected chi connectivity index (χ4v) is 3.57. The molecule has 0 unspecified atom stereocenters. The molecule has 5 nitrogen and oxygen atoms in total. The molecule has 1 aliphatic heterocycles.